The highest BCUT2D eigenvalue weighted by Crippen LogP contribution is 2.14. The van der Waals surface area contributed by atoms with Crippen molar-refractivity contribution < 1.29 is 0 Å². The fraction of sp³-hybridized carbons (Fsp3) is 0.143. The molecule has 0 aliphatic carbocycles. The van der Waals surface area contributed by atoms with E-state index in [1.54, 1.807) is 17.8 Å². The van der Waals surface area contributed by atoms with Gasteiger partial charge in [-0.15, -0.1) is 17.9 Å². The van der Waals surface area contributed by atoms with Gasteiger partial charge in [-0.3, -0.25) is 4.99 Å². The molecule has 0 saturated carbocycles. The number of rotatable bonds is 4. The van der Waals surface area contributed by atoms with Crippen molar-refractivity contribution in [2.75, 3.05) is 17.6 Å². The lowest BCUT2D eigenvalue weighted by Crippen LogP contribution is -1.95. The van der Waals surface area contributed by atoms with Gasteiger partial charge in [0.2, 0.25) is 0 Å². The topological polar surface area (TPSA) is 63.3 Å². The molecule has 12 heavy (non-hydrogen) atoms. The van der Waals surface area contributed by atoms with Crippen LogP contribution in [0.25, 0.3) is 0 Å². The Labute approximate surface area is 74.8 Å². The van der Waals surface area contributed by atoms with Crippen LogP contribution in [0.2, 0.25) is 0 Å². The molecule has 0 aliphatic rings. The number of thiazole rings is 1. The molecule has 0 aromatic carbocycles. The number of anilines is 2. The van der Waals surface area contributed by atoms with Crippen LogP contribution in [0.5, 0.6) is 0 Å². The van der Waals surface area contributed by atoms with Gasteiger partial charge in [-0.2, -0.15) is 0 Å². The summed E-state index contributed by atoms with van der Waals surface area (Å²) >= 11 is 1.44. The van der Waals surface area contributed by atoms with Gasteiger partial charge in [0.25, 0.3) is 0 Å². The van der Waals surface area contributed by atoms with E-state index in [0.29, 0.717) is 12.4 Å². The van der Waals surface area contributed by atoms with Gasteiger partial charge in [0, 0.05) is 5.38 Å². The lowest BCUT2D eigenvalue weighted by Gasteiger charge is -1.90. The van der Waals surface area contributed by atoms with Crippen molar-refractivity contribution in [3.63, 3.8) is 0 Å². The second-order valence-electron chi connectivity index (χ2n) is 2.00. The molecule has 64 valence electrons. The molecule has 0 aliphatic heterocycles. The zero-order valence-corrected chi connectivity index (χ0v) is 7.34. The fourth-order valence-corrected chi connectivity index (χ4v) is 1.14. The summed E-state index contributed by atoms with van der Waals surface area (Å²) < 4.78 is 0. The number of hydrogen-bond acceptors (Lipinski definition) is 4. The van der Waals surface area contributed by atoms with Crippen LogP contribution in [0, 0.1) is 0 Å². The van der Waals surface area contributed by atoms with Gasteiger partial charge in [-0.05, 0) is 0 Å². The molecule has 1 heterocycles. The van der Waals surface area contributed by atoms with Crippen molar-refractivity contribution >= 4 is 28.6 Å². The van der Waals surface area contributed by atoms with Crippen LogP contribution in [0.1, 0.15) is 0 Å². The van der Waals surface area contributed by atoms with Crippen molar-refractivity contribution in [1.82, 2.24) is 4.98 Å². The molecule has 0 atom stereocenters. The summed E-state index contributed by atoms with van der Waals surface area (Å²) in [5.41, 5.74) is 5.41. The monoisotopic (exact) mass is 182 g/mol. The minimum absolute atomic E-state index is 0.527. The van der Waals surface area contributed by atoms with Crippen molar-refractivity contribution in [3.05, 3.63) is 18.0 Å². The molecule has 0 unspecified atom stereocenters. The second-order valence-corrected chi connectivity index (χ2v) is 2.86. The van der Waals surface area contributed by atoms with Crippen LogP contribution in [0.3, 0.4) is 0 Å². The summed E-state index contributed by atoms with van der Waals surface area (Å²) in [4.78, 5) is 7.94. The zero-order chi connectivity index (χ0) is 8.81. The second kappa shape index (κ2) is 4.50. The molecule has 4 nitrogen and oxygen atoms in total. The van der Waals surface area contributed by atoms with Gasteiger partial charge in [-0.25, -0.2) is 4.98 Å². The van der Waals surface area contributed by atoms with E-state index < -0.39 is 0 Å². The number of nitrogens with two attached hydrogens (primary N) is 1. The lowest BCUT2D eigenvalue weighted by molar-refractivity contribution is 1.26. The molecule has 0 amide bonds. The lowest BCUT2D eigenvalue weighted by atomic mass is 10.7. The van der Waals surface area contributed by atoms with Crippen LogP contribution in [0.4, 0.5) is 10.9 Å². The van der Waals surface area contributed by atoms with Crippen molar-refractivity contribution in [3.8, 4) is 0 Å². The van der Waals surface area contributed by atoms with E-state index in [1.165, 1.54) is 11.3 Å². The van der Waals surface area contributed by atoms with E-state index in [4.69, 9.17) is 5.73 Å². The number of aromatic nitrogens is 1. The normalized spacial score (nSPS) is 10.3. The summed E-state index contributed by atoms with van der Waals surface area (Å²) in [5, 5.41) is 5.41. The van der Waals surface area contributed by atoms with Crippen LogP contribution in [0.15, 0.2) is 23.0 Å². The quantitative estimate of drug-likeness (QED) is 0.420. The van der Waals surface area contributed by atoms with E-state index in [1.807, 2.05) is 0 Å². The molecule has 3 N–H and O–H groups in total. The van der Waals surface area contributed by atoms with Crippen LogP contribution < -0.4 is 11.1 Å². The number of aliphatic imine (C=N–C) groups is 1. The van der Waals surface area contributed by atoms with Gasteiger partial charge < -0.3 is 11.1 Å². The van der Waals surface area contributed by atoms with Gasteiger partial charge >= 0.3 is 0 Å². The Bertz CT molecular complexity index is 279. The summed E-state index contributed by atoms with van der Waals surface area (Å²) in [7, 11) is 0. The average Bonchev–Trinajstić information content (AvgIpc) is 2.45. The predicted molar refractivity (Wildman–Crippen MR) is 53.7 cm³/mol. The van der Waals surface area contributed by atoms with Crippen molar-refractivity contribution in [2.24, 2.45) is 4.99 Å². The molecule has 0 fully saturated rings. The van der Waals surface area contributed by atoms with E-state index in [0.717, 1.165) is 5.13 Å². The highest BCUT2D eigenvalue weighted by molar-refractivity contribution is 7.14. The summed E-state index contributed by atoms with van der Waals surface area (Å²) in [6, 6.07) is 0. The van der Waals surface area contributed by atoms with Crippen LogP contribution in [-0.4, -0.2) is 17.9 Å². The van der Waals surface area contributed by atoms with E-state index in [9.17, 15) is 0 Å². The Kier molecular flexibility index (Phi) is 3.28. The minimum atomic E-state index is 0.527. The third kappa shape index (κ3) is 2.71. The number of nitrogens with one attached hydrogen (secondary N) is 1. The van der Waals surface area contributed by atoms with E-state index >= 15 is 0 Å². The Morgan fingerprint density at radius 1 is 1.83 bits per heavy atom. The maximum Gasteiger partial charge on any atom is 0.189 e. The molecule has 1 aromatic rings. The molecule has 0 bridgehead atoms. The SMILES string of the molecule is C=CCN=CNc1nc(N)cs1. The Balaban J connectivity index is 2.37. The summed E-state index contributed by atoms with van der Waals surface area (Å²) in [6.45, 7) is 4.14. The maximum atomic E-state index is 5.41. The zero-order valence-electron chi connectivity index (χ0n) is 6.53. The first-order chi connectivity index (χ1) is 5.83. The molecular formula is C7H10N4S. The molecule has 1 rings (SSSR count). The van der Waals surface area contributed by atoms with Gasteiger partial charge in [0.1, 0.15) is 5.82 Å². The minimum Gasteiger partial charge on any atom is -0.383 e. The van der Waals surface area contributed by atoms with E-state index in [-0.39, 0.29) is 0 Å². The third-order valence-corrected chi connectivity index (χ3v) is 1.83. The van der Waals surface area contributed by atoms with Gasteiger partial charge in [0.15, 0.2) is 5.13 Å². The third-order valence-electron chi connectivity index (χ3n) is 1.04. The first kappa shape index (κ1) is 8.73. The summed E-state index contributed by atoms with van der Waals surface area (Å²) in [6.07, 6.45) is 3.30. The molecule has 0 saturated heterocycles. The number of nitrogen functional groups attached to an aromatic ring is 1. The number of nitrogens with zero attached hydrogens (tertiary/aromatic N) is 2. The Morgan fingerprint density at radius 2 is 2.67 bits per heavy atom. The first-order valence-corrected chi connectivity index (χ1v) is 4.27. The highest BCUT2D eigenvalue weighted by Gasteiger charge is 1.93. The highest BCUT2D eigenvalue weighted by atomic mass is 32.1. The molecule has 0 radical (unpaired) electrons. The van der Waals surface area contributed by atoms with Gasteiger partial charge in [0.05, 0.1) is 12.9 Å². The molecule has 1 aromatic heterocycles. The fourth-order valence-electron chi connectivity index (χ4n) is 0.581. The summed E-state index contributed by atoms with van der Waals surface area (Å²) in [5.74, 6) is 0.527. The average molecular weight is 182 g/mol. The smallest absolute Gasteiger partial charge is 0.189 e. The molecular weight excluding hydrogens is 172 g/mol. The van der Waals surface area contributed by atoms with Gasteiger partial charge in [-0.1, -0.05) is 6.08 Å². The first-order valence-electron chi connectivity index (χ1n) is 3.39. The predicted octanol–water partition coefficient (Wildman–Crippen LogP) is 1.35. The number of hydrogen-bond donors (Lipinski definition) is 2. The van der Waals surface area contributed by atoms with Crippen molar-refractivity contribution in [1.29, 1.82) is 0 Å². The standard InChI is InChI=1S/C7H10N4S/c1-2-3-9-5-10-7-11-6(8)4-12-7/h2,4-5H,1,3,8H2,(H,9,10,11). The van der Waals surface area contributed by atoms with Crippen LogP contribution >= 0.6 is 11.3 Å². The largest absolute Gasteiger partial charge is 0.383 e. The maximum absolute atomic E-state index is 5.41. The Morgan fingerprint density at radius 3 is 3.25 bits per heavy atom. The van der Waals surface area contributed by atoms with Crippen molar-refractivity contribution in [2.45, 2.75) is 0 Å². The van der Waals surface area contributed by atoms with E-state index in [2.05, 4.69) is 21.9 Å². The molecule has 5 heteroatoms. The molecule has 0 spiro atoms. The van der Waals surface area contributed by atoms with Crippen LogP contribution in [-0.2, 0) is 0 Å². The Hall–Kier alpha value is -1.36.